The SMILES string of the molecule is CCC1CC(C(=O)OCCCc2c(Cl)cnc3ccc(OC)cc23)CCN1CCCl. The fraction of sp³-hybridized carbons (Fsp3) is 0.565. The van der Waals surface area contributed by atoms with E-state index in [2.05, 4.69) is 16.8 Å². The first kappa shape index (κ1) is 23.1. The molecule has 0 amide bonds. The Morgan fingerprint density at radius 2 is 2.20 bits per heavy atom. The molecular weight excluding hydrogens is 423 g/mol. The number of methoxy groups -OCH3 is 1. The van der Waals surface area contributed by atoms with Crippen LogP contribution in [0.3, 0.4) is 0 Å². The molecule has 3 rings (SSSR count). The Balaban J connectivity index is 1.54. The van der Waals surface area contributed by atoms with Crippen LogP contribution in [-0.4, -0.2) is 54.6 Å². The van der Waals surface area contributed by atoms with Crippen molar-refractivity contribution in [3.8, 4) is 5.75 Å². The molecule has 164 valence electrons. The normalized spacial score (nSPS) is 19.7. The number of pyridine rings is 1. The number of rotatable bonds is 9. The fourth-order valence-electron chi connectivity index (χ4n) is 4.26. The molecule has 1 fully saturated rings. The zero-order valence-electron chi connectivity index (χ0n) is 17.7. The van der Waals surface area contributed by atoms with Crippen LogP contribution in [0, 0.1) is 5.92 Å². The number of carbonyl (C=O) groups excluding carboxylic acids is 1. The molecule has 5 nitrogen and oxygen atoms in total. The Bertz CT molecular complexity index is 862. The van der Waals surface area contributed by atoms with E-state index in [0.717, 1.165) is 54.6 Å². The lowest BCUT2D eigenvalue weighted by atomic mass is 9.89. The van der Waals surface area contributed by atoms with Crippen molar-refractivity contribution in [3.05, 3.63) is 35.0 Å². The zero-order valence-corrected chi connectivity index (χ0v) is 19.2. The number of nitrogens with zero attached hydrogens (tertiary/aromatic N) is 2. The highest BCUT2D eigenvalue weighted by Gasteiger charge is 2.31. The number of esters is 1. The fourth-order valence-corrected chi connectivity index (χ4v) is 4.73. The molecule has 2 atom stereocenters. The van der Waals surface area contributed by atoms with Crippen LogP contribution in [0.4, 0.5) is 0 Å². The topological polar surface area (TPSA) is 51.7 Å². The first-order valence-corrected chi connectivity index (χ1v) is 11.6. The van der Waals surface area contributed by atoms with E-state index in [-0.39, 0.29) is 11.9 Å². The third kappa shape index (κ3) is 5.57. The van der Waals surface area contributed by atoms with Crippen LogP contribution in [0.25, 0.3) is 10.9 Å². The second kappa shape index (κ2) is 11.2. The summed E-state index contributed by atoms with van der Waals surface area (Å²) in [4.78, 5) is 19.4. The summed E-state index contributed by atoms with van der Waals surface area (Å²) in [5.41, 5.74) is 1.89. The second-order valence-electron chi connectivity index (χ2n) is 7.75. The molecule has 0 saturated carbocycles. The average molecular weight is 453 g/mol. The highest BCUT2D eigenvalue weighted by atomic mass is 35.5. The Labute approximate surface area is 188 Å². The van der Waals surface area contributed by atoms with Crippen molar-refractivity contribution in [2.24, 2.45) is 5.92 Å². The summed E-state index contributed by atoms with van der Waals surface area (Å²) in [6, 6.07) is 6.17. The molecular formula is C23H30Cl2N2O3. The van der Waals surface area contributed by atoms with Crippen molar-refractivity contribution in [3.63, 3.8) is 0 Å². The summed E-state index contributed by atoms with van der Waals surface area (Å²) >= 11 is 12.3. The van der Waals surface area contributed by atoms with E-state index in [1.54, 1.807) is 13.3 Å². The molecule has 0 N–H and O–H groups in total. The molecule has 0 bridgehead atoms. The third-order valence-corrected chi connectivity index (χ3v) is 6.46. The van der Waals surface area contributed by atoms with E-state index >= 15 is 0 Å². The van der Waals surface area contributed by atoms with Crippen molar-refractivity contribution in [1.82, 2.24) is 9.88 Å². The van der Waals surface area contributed by atoms with Crippen LogP contribution in [-0.2, 0) is 16.0 Å². The highest BCUT2D eigenvalue weighted by Crippen LogP contribution is 2.29. The van der Waals surface area contributed by atoms with Gasteiger partial charge in [-0.3, -0.25) is 14.7 Å². The van der Waals surface area contributed by atoms with E-state index in [1.807, 2.05) is 18.2 Å². The summed E-state index contributed by atoms with van der Waals surface area (Å²) in [6.45, 7) is 4.34. The molecule has 1 aromatic carbocycles. The predicted octanol–water partition coefficient (Wildman–Crippen LogP) is 5.10. The van der Waals surface area contributed by atoms with Gasteiger partial charge in [0.05, 0.1) is 30.2 Å². The molecule has 2 heterocycles. The van der Waals surface area contributed by atoms with Gasteiger partial charge in [-0.1, -0.05) is 18.5 Å². The standard InChI is InChI=1S/C23H30Cl2N2O3/c1-3-17-13-16(8-10-27(17)11-9-24)23(28)30-12-4-5-19-20-14-18(29-2)6-7-22(20)26-15-21(19)25/h6-7,14-17H,3-5,8-13H2,1-2H3. The molecule has 2 unspecified atom stereocenters. The molecule has 1 aliphatic rings. The van der Waals surface area contributed by atoms with Gasteiger partial charge in [-0.15, -0.1) is 11.6 Å². The maximum absolute atomic E-state index is 12.6. The first-order valence-electron chi connectivity index (χ1n) is 10.6. The lowest BCUT2D eigenvalue weighted by molar-refractivity contribution is -0.151. The lowest BCUT2D eigenvalue weighted by Crippen LogP contribution is -2.45. The summed E-state index contributed by atoms with van der Waals surface area (Å²) in [5.74, 6) is 1.30. The summed E-state index contributed by atoms with van der Waals surface area (Å²) in [7, 11) is 1.64. The van der Waals surface area contributed by atoms with Crippen LogP contribution in [0.2, 0.25) is 5.02 Å². The minimum absolute atomic E-state index is 0.0175. The smallest absolute Gasteiger partial charge is 0.309 e. The number of ether oxygens (including phenoxy) is 2. The Hall–Kier alpha value is -1.56. The number of carbonyl (C=O) groups is 1. The largest absolute Gasteiger partial charge is 0.497 e. The van der Waals surface area contributed by atoms with Gasteiger partial charge in [0.25, 0.3) is 0 Å². The zero-order chi connectivity index (χ0) is 21.5. The minimum Gasteiger partial charge on any atom is -0.497 e. The van der Waals surface area contributed by atoms with Gasteiger partial charge in [0, 0.05) is 30.0 Å². The maximum Gasteiger partial charge on any atom is 0.309 e. The highest BCUT2D eigenvalue weighted by molar-refractivity contribution is 6.32. The van der Waals surface area contributed by atoms with Gasteiger partial charge < -0.3 is 9.47 Å². The third-order valence-electron chi connectivity index (χ3n) is 5.96. The van der Waals surface area contributed by atoms with Crippen LogP contribution >= 0.6 is 23.2 Å². The Morgan fingerprint density at radius 3 is 2.93 bits per heavy atom. The number of hydrogen-bond acceptors (Lipinski definition) is 5. The second-order valence-corrected chi connectivity index (χ2v) is 8.53. The predicted molar refractivity (Wildman–Crippen MR) is 122 cm³/mol. The molecule has 0 radical (unpaired) electrons. The molecule has 0 aliphatic carbocycles. The molecule has 1 saturated heterocycles. The molecule has 0 spiro atoms. The number of fused-ring (bicyclic) bond motifs is 1. The maximum atomic E-state index is 12.6. The van der Waals surface area contributed by atoms with E-state index in [1.165, 1.54) is 0 Å². The van der Waals surface area contributed by atoms with Gasteiger partial charge in [-0.2, -0.15) is 0 Å². The van der Waals surface area contributed by atoms with Crippen molar-refractivity contribution in [2.75, 3.05) is 32.7 Å². The minimum atomic E-state index is -0.0775. The van der Waals surface area contributed by atoms with Gasteiger partial charge in [0.1, 0.15) is 5.75 Å². The van der Waals surface area contributed by atoms with Crippen LogP contribution in [0.15, 0.2) is 24.4 Å². The number of hydrogen-bond donors (Lipinski definition) is 0. The van der Waals surface area contributed by atoms with Gasteiger partial charge in [-0.25, -0.2) is 0 Å². The number of aromatic nitrogens is 1. The van der Waals surface area contributed by atoms with Crippen LogP contribution in [0.1, 0.15) is 38.2 Å². The van der Waals surface area contributed by atoms with Crippen molar-refractivity contribution >= 4 is 40.1 Å². The quantitative estimate of drug-likeness (QED) is 0.300. The summed E-state index contributed by atoms with van der Waals surface area (Å²) < 4.78 is 11.0. The number of likely N-dealkylation sites (tertiary alicyclic amines) is 1. The van der Waals surface area contributed by atoms with E-state index in [4.69, 9.17) is 32.7 Å². The number of piperidine rings is 1. The summed E-state index contributed by atoms with van der Waals surface area (Å²) in [6.07, 6.45) is 5.82. The van der Waals surface area contributed by atoms with Gasteiger partial charge in [-0.05, 0) is 62.4 Å². The number of halogens is 2. The van der Waals surface area contributed by atoms with Crippen molar-refractivity contribution in [1.29, 1.82) is 0 Å². The first-order chi connectivity index (χ1) is 14.6. The van der Waals surface area contributed by atoms with E-state index < -0.39 is 0 Å². The summed E-state index contributed by atoms with van der Waals surface area (Å²) in [5, 5.41) is 1.60. The number of benzene rings is 1. The van der Waals surface area contributed by atoms with Crippen molar-refractivity contribution < 1.29 is 14.3 Å². The molecule has 30 heavy (non-hydrogen) atoms. The van der Waals surface area contributed by atoms with E-state index in [9.17, 15) is 4.79 Å². The van der Waals surface area contributed by atoms with E-state index in [0.29, 0.717) is 36.4 Å². The van der Waals surface area contributed by atoms with Crippen LogP contribution < -0.4 is 4.74 Å². The number of aryl methyl sites for hydroxylation is 1. The average Bonchev–Trinajstić information content (AvgIpc) is 2.77. The lowest BCUT2D eigenvalue weighted by Gasteiger charge is -2.37. The Kier molecular flexibility index (Phi) is 8.61. The Morgan fingerprint density at radius 1 is 1.37 bits per heavy atom. The molecule has 1 aliphatic heterocycles. The molecule has 2 aromatic rings. The van der Waals surface area contributed by atoms with Gasteiger partial charge in [0.15, 0.2) is 0 Å². The van der Waals surface area contributed by atoms with Crippen LogP contribution in [0.5, 0.6) is 5.75 Å². The number of alkyl halides is 1. The van der Waals surface area contributed by atoms with Crippen molar-refractivity contribution in [2.45, 2.75) is 45.1 Å². The monoisotopic (exact) mass is 452 g/mol. The molecule has 7 heteroatoms. The molecule has 1 aromatic heterocycles. The van der Waals surface area contributed by atoms with Gasteiger partial charge >= 0.3 is 5.97 Å². The van der Waals surface area contributed by atoms with Gasteiger partial charge in [0.2, 0.25) is 0 Å².